The Morgan fingerprint density at radius 1 is 1.16 bits per heavy atom. The van der Waals surface area contributed by atoms with E-state index in [4.69, 9.17) is 4.74 Å². The zero-order valence-electron chi connectivity index (χ0n) is 22.4. The van der Waals surface area contributed by atoms with Crippen molar-refractivity contribution in [2.24, 2.45) is 17.8 Å². The zero-order chi connectivity index (χ0) is 28.1. The van der Waals surface area contributed by atoms with Gasteiger partial charge >= 0.3 is 5.97 Å². The number of nitrogens with one attached hydrogen (secondary N) is 1. The first kappa shape index (κ1) is 28.5. The molecule has 3 aliphatic rings. The highest BCUT2D eigenvalue weighted by molar-refractivity contribution is 7.92. The molecule has 0 spiro atoms. The maximum Gasteiger partial charge on any atom is 0.310 e. The monoisotopic (exact) mass is 550 g/mol. The lowest BCUT2D eigenvalue weighted by Crippen LogP contribution is -2.43. The highest BCUT2D eigenvalue weighted by atomic mass is 32.2. The number of aryl methyl sites for hydroxylation is 1. The summed E-state index contributed by atoms with van der Waals surface area (Å²) in [6.07, 6.45) is 1.55. The van der Waals surface area contributed by atoms with E-state index in [1.165, 1.54) is 6.07 Å². The molecule has 38 heavy (non-hydrogen) atoms. The zero-order valence-corrected chi connectivity index (χ0v) is 23.2. The number of nitrogens with zero attached hydrogens (tertiary/aromatic N) is 1. The molecule has 3 saturated carbocycles. The first-order valence-electron chi connectivity index (χ1n) is 13.2. The van der Waals surface area contributed by atoms with Crippen molar-refractivity contribution < 1.29 is 31.5 Å². The Morgan fingerprint density at radius 3 is 2.34 bits per heavy atom. The third-order valence-corrected chi connectivity index (χ3v) is 10.2. The van der Waals surface area contributed by atoms with E-state index >= 15 is 0 Å². The van der Waals surface area contributed by atoms with Gasteiger partial charge in [-0.3, -0.25) is 9.59 Å². The van der Waals surface area contributed by atoms with Gasteiger partial charge in [0.25, 0.3) is 0 Å². The van der Waals surface area contributed by atoms with Crippen molar-refractivity contribution in [3.63, 3.8) is 0 Å². The number of sulfone groups is 1. The fourth-order valence-corrected chi connectivity index (χ4v) is 7.82. The van der Waals surface area contributed by atoms with Crippen molar-refractivity contribution in [3.8, 4) is 6.07 Å². The number of hydrogen-bond acceptors (Lipinski definition) is 6. The molecule has 3 fully saturated rings. The Kier molecular flexibility index (Phi) is 7.41. The quantitative estimate of drug-likeness (QED) is 0.494. The van der Waals surface area contributed by atoms with E-state index in [9.17, 15) is 32.0 Å². The molecule has 0 bridgehead atoms. The molecule has 3 aliphatic carbocycles. The van der Waals surface area contributed by atoms with Gasteiger partial charge in [-0.25, -0.2) is 17.2 Å². The second-order valence-electron chi connectivity index (χ2n) is 12.3. The molecule has 1 amide bonds. The van der Waals surface area contributed by atoms with Crippen LogP contribution in [0.2, 0.25) is 0 Å². The molecule has 208 valence electrons. The van der Waals surface area contributed by atoms with E-state index < -0.39 is 55.9 Å². The molecule has 0 heterocycles. The van der Waals surface area contributed by atoms with Gasteiger partial charge in [-0.1, -0.05) is 12.1 Å². The molecule has 1 aromatic carbocycles. The van der Waals surface area contributed by atoms with Crippen LogP contribution in [0.3, 0.4) is 0 Å². The van der Waals surface area contributed by atoms with Crippen molar-refractivity contribution >= 4 is 21.7 Å². The van der Waals surface area contributed by atoms with Crippen LogP contribution >= 0.6 is 0 Å². The number of halogens is 2. The lowest BCUT2D eigenvalue weighted by Gasteiger charge is -2.25. The van der Waals surface area contributed by atoms with Crippen molar-refractivity contribution in [1.82, 2.24) is 5.32 Å². The molecular formula is C28H36F2N2O5S. The third-order valence-electron chi connectivity index (χ3n) is 7.91. The Morgan fingerprint density at radius 2 is 1.82 bits per heavy atom. The van der Waals surface area contributed by atoms with Crippen LogP contribution in [-0.2, 0) is 30.6 Å². The van der Waals surface area contributed by atoms with Crippen LogP contribution in [0.4, 0.5) is 8.78 Å². The minimum absolute atomic E-state index is 0.0576. The normalized spacial score (nSPS) is 27.9. The van der Waals surface area contributed by atoms with Gasteiger partial charge in [0.05, 0.1) is 28.1 Å². The number of ether oxygens (including phenoxy) is 1. The van der Waals surface area contributed by atoms with Gasteiger partial charge in [0, 0.05) is 12.8 Å². The van der Waals surface area contributed by atoms with Crippen LogP contribution in [0.1, 0.15) is 76.8 Å². The smallest absolute Gasteiger partial charge is 0.310 e. The predicted octanol–water partition coefficient (Wildman–Crippen LogP) is 4.66. The Bertz CT molecular complexity index is 1260. The number of carbonyl (C=O) groups is 2. The average molecular weight is 551 g/mol. The van der Waals surface area contributed by atoms with Crippen molar-refractivity contribution in [3.05, 3.63) is 29.3 Å². The topological polar surface area (TPSA) is 113 Å². The molecule has 1 aromatic rings. The summed E-state index contributed by atoms with van der Waals surface area (Å²) in [5.74, 6) is -5.79. The van der Waals surface area contributed by atoms with E-state index in [0.29, 0.717) is 31.2 Å². The van der Waals surface area contributed by atoms with Crippen LogP contribution in [0.15, 0.2) is 23.1 Å². The summed E-state index contributed by atoms with van der Waals surface area (Å²) in [7, 11) is -3.91. The molecule has 10 heteroatoms. The van der Waals surface area contributed by atoms with Gasteiger partial charge < -0.3 is 10.1 Å². The van der Waals surface area contributed by atoms with Crippen LogP contribution in [0.5, 0.6) is 0 Å². The molecule has 4 rings (SSSR count). The number of amides is 1. The Hall–Kier alpha value is -2.54. The standard InChI is InChI=1S/C28H36F2N2O5S/c1-17-11-18(12-19-7-8-28(29,30)15-19)5-6-23(17)38(35,36)20-13-21(24(33)32-27(16-31)9-10-27)22(14-20)25(34)37-26(2,3)4/h5-6,11,19-22H,7-10,12-15H2,1-4H3,(H,32,33)/t19?,20-,21?,22?/m1/s1. The van der Waals surface area contributed by atoms with E-state index in [-0.39, 0.29) is 36.5 Å². The summed E-state index contributed by atoms with van der Waals surface area (Å²) in [4.78, 5) is 26.3. The lowest BCUT2D eigenvalue weighted by molar-refractivity contribution is -0.162. The fraction of sp³-hybridized carbons (Fsp3) is 0.679. The Labute approximate surface area is 223 Å². The summed E-state index contributed by atoms with van der Waals surface area (Å²) < 4.78 is 60.2. The van der Waals surface area contributed by atoms with Crippen LogP contribution < -0.4 is 5.32 Å². The second-order valence-corrected chi connectivity index (χ2v) is 14.5. The minimum atomic E-state index is -3.91. The maximum absolute atomic E-state index is 13.7. The SMILES string of the molecule is Cc1cc(CC2CCC(F)(F)C2)ccc1S(=O)(=O)[C@@H]1CC(C(=O)NC2(C#N)CC2)C(C(=O)OC(C)(C)C)C1. The summed E-state index contributed by atoms with van der Waals surface area (Å²) in [6, 6.07) is 7.01. The highest BCUT2D eigenvalue weighted by Crippen LogP contribution is 2.43. The predicted molar refractivity (Wildman–Crippen MR) is 136 cm³/mol. The highest BCUT2D eigenvalue weighted by Gasteiger charge is 2.52. The molecule has 7 nitrogen and oxygen atoms in total. The van der Waals surface area contributed by atoms with Gasteiger partial charge in [-0.2, -0.15) is 5.26 Å². The fourth-order valence-electron chi connectivity index (χ4n) is 5.78. The van der Waals surface area contributed by atoms with E-state index in [0.717, 1.165) is 5.56 Å². The van der Waals surface area contributed by atoms with Gasteiger partial charge in [0.2, 0.25) is 11.8 Å². The molecule has 4 atom stereocenters. The molecular weight excluding hydrogens is 514 g/mol. The molecule has 0 aliphatic heterocycles. The van der Waals surface area contributed by atoms with E-state index in [1.54, 1.807) is 39.8 Å². The lowest BCUT2D eigenvalue weighted by atomic mass is 9.94. The summed E-state index contributed by atoms with van der Waals surface area (Å²) in [6.45, 7) is 6.79. The number of nitriles is 1. The number of esters is 1. The number of carbonyl (C=O) groups excluding carboxylic acids is 2. The number of rotatable bonds is 7. The number of alkyl halides is 2. The third kappa shape index (κ3) is 6.19. The van der Waals surface area contributed by atoms with E-state index in [2.05, 4.69) is 11.4 Å². The summed E-state index contributed by atoms with van der Waals surface area (Å²) in [5, 5.41) is 11.1. The summed E-state index contributed by atoms with van der Waals surface area (Å²) >= 11 is 0. The largest absolute Gasteiger partial charge is 0.460 e. The minimum Gasteiger partial charge on any atom is -0.460 e. The molecule has 0 saturated heterocycles. The number of benzene rings is 1. The molecule has 3 unspecified atom stereocenters. The molecule has 0 aromatic heterocycles. The first-order chi connectivity index (χ1) is 17.5. The van der Waals surface area contributed by atoms with Crippen molar-refractivity contribution in [2.75, 3.05) is 0 Å². The Balaban J connectivity index is 1.54. The first-order valence-corrected chi connectivity index (χ1v) is 14.8. The van der Waals surface area contributed by atoms with Gasteiger partial charge in [-0.05, 0) is 89.3 Å². The second kappa shape index (κ2) is 9.89. The number of hydrogen-bond donors (Lipinski definition) is 1. The van der Waals surface area contributed by atoms with Gasteiger partial charge in [0.15, 0.2) is 9.84 Å². The van der Waals surface area contributed by atoms with Crippen molar-refractivity contribution in [2.45, 2.75) is 106 Å². The van der Waals surface area contributed by atoms with Crippen LogP contribution in [0.25, 0.3) is 0 Å². The van der Waals surface area contributed by atoms with Gasteiger partial charge in [0.1, 0.15) is 11.1 Å². The van der Waals surface area contributed by atoms with Crippen molar-refractivity contribution in [1.29, 1.82) is 5.26 Å². The van der Waals surface area contributed by atoms with Gasteiger partial charge in [-0.15, -0.1) is 0 Å². The van der Waals surface area contributed by atoms with E-state index in [1.807, 2.05) is 0 Å². The molecule has 0 radical (unpaired) electrons. The average Bonchev–Trinajstić information content (AvgIpc) is 3.25. The van der Waals surface area contributed by atoms with Crippen LogP contribution in [-0.4, -0.2) is 42.6 Å². The summed E-state index contributed by atoms with van der Waals surface area (Å²) in [5.41, 5.74) is -0.432. The molecule has 1 N–H and O–H groups in total. The maximum atomic E-state index is 13.7. The van der Waals surface area contributed by atoms with Crippen LogP contribution in [0, 0.1) is 36.0 Å².